The molecular weight excluding hydrogens is 544 g/mol. The third kappa shape index (κ3) is 5.23. The molecule has 0 radical (unpaired) electrons. The smallest absolute Gasteiger partial charge is 0.229 e. The third-order valence-electron chi connectivity index (χ3n) is 7.99. The second-order valence-corrected chi connectivity index (χ2v) is 10.2. The summed E-state index contributed by atoms with van der Waals surface area (Å²) in [4.78, 5) is 0. The molecule has 13 heteroatoms. The highest BCUT2D eigenvalue weighted by Gasteiger charge is 2.49. The van der Waals surface area contributed by atoms with Gasteiger partial charge in [0.25, 0.3) is 0 Å². The lowest BCUT2D eigenvalue weighted by Crippen LogP contribution is -2.60. The maximum Gasteiger partial charge on any atom is 0.229 e. The molecule has 0 spiro atoms. The lowest BCUT2D eigenvalue weighted by Gasteiger charge is -2.39. The molecule has 2 aromatic rings. The van der Waals surface area contributed by atoms with Gasteiger partial charge in [0.1, 0.15) is 24.4 Å². The van der Waals surface area contributed by atoms with Crippen molar-refractivity contribution in [3.8, 4) is 34.5 Å². The van der Waals surface area contributed by atoms with Crippen LogP contribution in [0.4, 0.5) is 0 Å². The highest BCUT2D eigenvalue weighted by Crippen LogP contribution is 2.53. The number of fused-ring (bicyclic) bond motifs is 1. The van der Waals surface area contributed by atoms with Crippen molar-refractivity contribution in [2.45, 2.75) is 42.9 Å². The zero-order valence-corrected chi connectivity index (χ0v) is 23.1. The number of aliphatic hydroxyl groups is 4. The molecule has 5 N–H and O–H groups in total. The number of hydrogen-bond donors (Lipinski definition) is 5. The van der Waals surface area contributed by atoms with E-state index in [0.717, 1.165) is 11.1 Å². The predicted molar refractivity (Wildman–Crippen MR) is 140 cm³/mol. The first-order valence-electron chi connectivity index (χ1n) is 13.2. The van der Waals surface area contributed by atoms with Crippen LogP contribution in [0.15, 0.2) is 24.3 Å². The van der Waals surface area contributed by atoms with Crippen LogP contribution in [-0.4, -0.2) is 104 Å². The topological polar surface area (TPSA) is 175 Å². The summed E-state index contributed by atoms with van der Waals surface area (Å²) >= 11 is 0. The Kier molecular flexibility index (Phi) is 8.66. The molecule has 3 fully saturated rings. The fourth-order valence-electron chi connectivity index (χ4n) is 5.77. The van der Waals surface area contributed by atoms with E-state index >= 15 is 0 Å². The highest BCUT2D eigenvalue weighted by atomic mass is 16.7. The van der Waals surface area contributed by atoms with Crippen LogP contribution in [0.1, 0.15) is 23.3 Å². The molecule has 3 saturated heterocycles. The van der Waals surface area contributed by atoms with Gasteiger partial charge in [0.2, 0.25) is 17.8 Å². The summed E-state index contributed by atoms with van der Waals surface area (Å²) in [5.74, 6) is 1.08. The van der Waals surface area contributed by atoms with Crippen LogP contribution in [0.2, 0.25) is 0 Å². The van der Waals surface area contributed by atoms with Gasteiger partial charge in [-0.2, -0.15) is 0 Å². The summed E-state index contributed by atoms with van der Waals surface area (Å²) in [6.45, 7) is 0.241. The number of rotatable bonds is 9. The van der Waals surface area contributed by atoms with E-state index in [-0.39, 0.29) is 58.5 Å². The third-order valence-corrected chi connectivity index (χ3v) is 7.99. The molecule has 3 aliphatic rings. The maximum absolute atomic E-state index is 10.5. The second kappa shape index (κ2) is 12.1. The standard InChI is InChI=1S/C28H36O13/c1-34-16-5-12(6-17(35-2)21(16)30)25-14-10-39-26(15(14)11-38-25)13-7-18(36-3)27(19(8-13)37-4)41-28-24(33)23(32)22(31)20(9-29)40-28/h5-8,14-15,20,22-26,28-33H,9-11H2,1-4H3/t14-,15-,20+,22+,23-,24+,25+,26+,28-/m0/s1. The summed E-state index contributed by atoms with van der Waals surface area (Å²) in [7, 11) is 5.82. The molecule has 0 unspecified atom stereocenters. The average molecular weight is 581 g/mol. The number of aliphatic hydroxyl groups excluding tert-OH is 4. The quantitative estimate of drug-likeness (QED) is 0.280. The van der Waals surface area contributed by atoms with Gasteiger partial charge in [-0.15, -0.1) is 0 Å². The van der Waals surface area contributed by atoms with E-state index < -0.39 is 37.3 Å². The van der Waals surface area contributed by atoms with Gasteiger partial charge >= 0.3 is 0 Å². The first kappa shape index (κ1) is 29.5. The molecule has 226 valence electrons. The highest BCUT2D eigenvalue weighted by molar-refractivity contribution is 5.55. The number of phenolic OH excluding ortho intramolecular Hbond substituents is 1. The molecule has 41 heavy (non-hydrogen) atoms. The Morgan fingerprint density at radius 2 is 1.17 bits per heavy atom. The van der Waals surface area contributed by atoms with E-state index in [1.165, 1.54) is 28.4 Å². The Labute approximate surface area is 236 Å². The zero-order valence-electron chi connectivity index (χ0n) is 23.1. The van der Waals surface area contributed by atoms with Crippen LogP contribution < -0.4 is 23.7 Å². The fourth-order valence-corrected chi connectivity index (χ4v) is 5.77. The summed E-state index contributed by atoms with van der Waals surface area (Å²) < 4.78 is 45.7. The van der Waals surface area contributed by atoms with E-state index in [0.29, 0.717) is 13.2 Å². The number of methoxy groups -OCH3 is 4. The molecule has 2 aromatic carbocycles. The minimum Gasteiger partial charge on any atom is -0.502 e. The van der Waals surface area contributed by atoms with E-state index in [2.05, 4.69) is 0 Å². The van der Waals surface area contributed by atoms with Crippen molar-refractivity contribution < 1.29 is 63.4 Å². The van der Waals surface area contributed by atoms with Crippen LogP contribution in [-0.2, 0) is 14.2 Å². The molecule has 0 aromatic heterocycles. The number of benzene rings is 2. The Hall–Kier alpha value is -3.04. The van der Waals surface area contributed by atoms with Crippen LogP contribution in [0, 0.1) is 11.8 Å². The van der Waals surface area contributed by atoms with Crippen molar-refractivity contribution in [1.29, 1.82) is 0 Å². The van der Waals surface area contributed by atoms with Crippen molar-refractivity contribution in [3.05, 3.63) is 35.4 Å². The average Bonchev–Trinajstić information content (AvgIpc) is 3.60. The lowest BCUT2D eigenvalue weighted by atomic mass is 9.84. The molecule has 0 saturated carbocycles. The summed E-state index contributed by atoms with van der Waals surface area (Å²) in [5.41, 5.74) is 1.55. The van der Waals surface area contributed by atoms with Crippen LogP contribution in [0.25, 0.3) is 0 Å². The van der Waals surface area contributed by atoms with E-state index in [1.54, 1.807) is 24.3 Å². The normalized spacial score (nSPS) is 32.8. The molecule has 0 bridgehead atoms. The Bertz CT molecular complexity index is 1170. The van der Waals surface area contributed by atoms with Crippen molar-refractivity contribution in [3.63, 3.8) is 0 Å². The van der Waals surface area contributed by atoms with Gasteiger partial charge < -0.3 is 63.4 Å². The molecule has 9 atom stereocenters. The maximum atomic E-state index is 10.5. The lowest BCUT2D eigenvalue weighted by molar-refractivity contribution is -0.277. The number of ether oxygens (including phenoxy) is 8. The molecular formula is C28H36O13. The SMILES string of the molecule is COc1cc([C@H]2OC[C@H]3[C@@H]2CO[C@@H]3c2cc(OC)c(O[C@@H]3O[C@H](CO)[C@@H](O)[C@H](O)[C@H]3O)c(OC)c2)cc(OC)c1O. The number of hydrogen-bond acceptors (Lipinski definition) is 13. The van der Waals surface area contributed by atoms with E-state index in [4.69, 9.17) is 37.9 Å². The van der Waals surface area contributed by atoms with Gasteiger partial charge in [-0.1, -0.05) is 0 Å². The van der Waals surface area contributed by atoms with E-state index in [9.17, 15) is 25.5 Å². The predicted octanol–water partition coefficient (Wildman–Crippen LogP) is 0.680. The summed E-state index contributed by atoms with van der Waals surface area (Å²) in [6.07, 6.45) is -7.96. The molecule has 3 heterocycles. The van der Waals surface area contributed by atoms with Crippen LogP contribution >= 0.6 is 0 Å². The largest absolute Gasteiger partial charge is 0.502 e. The van der Waals surface area contributed by atoms with Gasteiger partial charge in [-0.3, -0.25) is 0 Å². The van der Waals surface area contributed by atoms with Crippen molar-refractivity contribution in [1.82, 2.24) is 0 Å². The Morgan fingerprint density at radius 3 is 1.61 bits per heavy atom. The van der Waals surface area contributed by atoms with Crippen molar-refractivity contribution >= 4 is 0 Å². The second-order valence-electron chi connectivity index (χ2n) is 10.2. The molecule has 0 aliphatic carbocycles. The summed E-state index contributed by atoms with van der Waals surface area (Å²) in [5, 5.41) is 50.5. The minimum absolute atomic E-state index is 0.000914. The number of phenols is 1. The minimum atomic E-state index is -1.61. The number of aromatic hydroxyl groups is 1. The molecule has 0 amide bonds. The Balaban J connectivity index is 1.40. The first-order valence-corrected chi connectivity index (χ1v) is 13.2. The van der Waals surface area contributed by atoms with Gasteiger partial charge in [-0.25, -0.2) is 0 Å². The van der Waals surface area contributed by atoms with Gasteiger partial charge in [0.15, 0.2) is 23.0 Å². The monoisotopic (exact) mass is 580 g/mol. The summed E-state index contributed by atoms with van der Waals surface area (Å²) in [6, 6.07) is 6.93. The first-order chi connectivity index (χ1) is 19.8. The fraction of sp³-hybridized carbons (Fsp3) is 0.571. The van der Waals surface area contributed by atoms with Gasteiger partial charge in [0.05, 0.1) is 60.5 Å². The van der Waals surface area contributed by atoms with Gasteiger partial charge in [0, 0.05) is 11.8 Å². The molecule has 3 aliphatic heterocycles. The van der Waals surface area contributed by atoms with Crippen molar-refractivity contribution in [2.75, 3.05) is 48.3 Å². The van der Waals surface area contributed by atoms with Crippen LogP contribution in [0.3, 0.4) is 0 Å². The van der Waals surface area contributed by atoms with Crippen molar-refractivity contribution in [2.24, 2.45) is 11.8 Å². The molecule has 5 rings (SSSR count). The Morgan fingerprint density at radius 1 is 0.707 bits per heavy atom. The zero-order chi connectivity index (χ0) is 29.4. The van der Waals surface area contributed by atoms with E-state index in [1.807, 2.05) is 0 Å². The van der Waals surface area contributed by atoms with Crippen LogP contribution in [0.5, 0.6) is 34.5 Å². The molecule has 13 nitrogen and oxygen atoms in total. The van der Waals surface area contributed by atoms with Gasteiger partial charge in [-0.05, 0) is 35.4 Å².